The molecule has 2 heterocycles. The third-order valence-corrected chi connectivity index (χ3v) is 7.83. The summed E-state index contributed by atoms with van der Waals surface area (Å²) in [5, 5.41) is 14.4. The minimum absolute atomic E-state index is 0.0535. The Balaban J connectivity index is 1.37. The molecule has 188 valence electrons. The Morgan fingerprint density at radius 1 is 1.11 bits per heavy atom. The van der Waals surface area contributed by atoms with Gasteiger partial charge < -0.3 is 15.3 Å². The van der Waals surface area contributed by atoms with Crippen LogP contribution in [0.15, 0.2) is 81.3 Å². The number of benzene rings is 3. The maximum Gasteiger partial charge on any atom is 0.270 e. The average molecular weight is 625 g/mol. The molecule has 0 atom stereocenters. The van der Waals surface area contributed by atoms with Crippen molar-refractivity contribution in [3.8, 4) is 17.3 Å². The van der Waals surface area contributed by atoms with Crippen molar-refractivity contribution in [1.29, 1.82) is 5.26 Å². The molecule has 5 rings (SSSR count). The van der Waals surface area contributed by atoms with Gasteiger partial charge in [-0.15, -0.1) is 0 Å². The lowest BCUT2D eigenvalue weighted by atomic mass is 10.1. The van der Waals surface area contributed by atoms with Gasteiger partial charge in [0.15, 0.2) is 5.16 Å². The second kappa shape index (κ2) is 11.1. The van der Waals surface area contributed by atoms with Gasteiger partial charge in [0, 0.05) is 44.1 Å². The summed E-state index contributed by atoms with van der Waals surface area (Å²) in [6.07, 6.45) is 1.74. The highest BCUT2D eigenvalue weighted by atomic mass is 79.9. The van der Waals surface area contributed by atoms with E-state index in [0.29, 0.717) is 43.5 Å². The van der Waals surface area contributed by atoms with Crippen LogP contribution in [0.5, 0.6) is 0 Å². The fourth-order valence-corrected chi connectivity index (χ4v) is 5.30. The van der Waals surface area contributed by atoms with Crippen LogP contribution < -0.4 is 10.9 Å². The molecule has 0 radical (unpaired) electrons. The number of halogens is 3. The predicted octanol–water partition coefficient (Wildman–Crippen LogP) is 7.40. The number of anilines is 1. The van der Waals surface area contributed by atoms with Gasteiger partial charge in [0.1, 0.15) is 11.6 Å². The smallest absolute Gasteiger partial charge is 0.270 e. The van der Waals surface area contributed by atoms with Crippen LogP contribution in [0.25, 0.3) is 22.2 Å². The van der Waals surface area contributed by atoms with Crippen LogP contribution >= 0.6 is 50.9 Å². The van der Waals surface area contributed by atoms with Crippen LogP contribution in [0.2, 0.25) is 10.0 Å². The Morgan fingerprint density at radius 2 is 1.95 bits per heavy atom. The molecule has 0 aliphatic heterocycles. The van der Waals surface area contributed by atoms with E-state index in [4.69, 9.17) is 23.2 Å². The molecule has 7 nitrogen and oxygen atoms in total. The van der Waals surface area contributed by atoms with Gasteiger partial charge in [0.05, 0.1) is 15.7 Å². The lowest BCUT2D eigenvalue weighted by Crippen LogP contribution is -2.14. The van der Waals surface area contributed by atoms with Crippen LogP contribution in [-0.4, -0.2) is 20.9 Å². The fourth-order valence-electron chi connectivity index (χ4n) is 3.84. The molecule has 3 N–H and O–H groups in total. The number of amides is 1. The zero-order valence-corrected chi connectivity index (χ0v) is 23.2. The lowest BCUT2D eigenvalue weighted by molar-refractivity contribution is 0.102. The summed E-state index contributed by atoms with van der Waals surface area (Å²) < 4.78 is 0.870. The number of hydrogen-bond donors (Lipinski definition) is 3. The number of fused-ring (bicyclic) bond motifs is 1. The van der Waals surface area contributed by atoms with Gasteiger partial charge in [-0.3, -0.25) is 9.59 Å². The van der Waals surface area contributed by atoms with Gasteiger partial charge in [-0.05, 0) is 54.1 Å². The van der Waals surface area contributed by atoms with E-state index in [2.05, 4.69) is 36.2 Å². The van der Waals surface area contributed by atoms with E-state index < -0.39 is 5.56 Å². The van der Waals surface area contributed by atoms with Crippen LogP contribution in [0.4, 0.5) is 5.69 Å². The summed E-state index contributed by atoms with van der Waals surface area (Å²) in [4.78, 5) is 35.9. The summed E-state index contributed by atoms with van der Waals surface area (Å²) in [5.41, 5.74) is 3.16. The third-order valence-electron chi connectivity index (χ3n) is 5.65. The highest BCUT2D eigenvalue weighted by molar-refractivity contribution is 9.10. The van der Waals surface area contributed by atoms with Crippen molar-refractivity contribution in [3.05, 3.63) is 108 Å². The van der Waals surface area contributed by atoms with E-state index in [1.54, 1.807) is 24.4 Å². The van der Waals surface area contributed by atoms with E-state index in [0.717, 1.165) is 20.9 Å². The second-order valence-corrected chi connectivity index (χ2v) is 10.9. The predicted molar refractivity (Wildman–Crippen MR) is 155 cm³/mol. The highest BCUT2D eigenvalue weighted by Gasteiger charge is 2.17. The van der Waals surface area contributed by atoms with Crippen LogP contribution in [0, 0.1) is 11.3 Å². The Morgan fingerprint density at radius 3 is 2.74 bits per heavy atom. The third kappa shape index (κ3) is 5.49. The standard InChI is InChI=1S/C27H16BrCl2N5O2S/c28-16-5-7-23-18(10-16)20(12-32-23)24-19(11-31)26(37)35-27(34-24)38-13-14-2-1-3-17(8-14)33-25(36)15-4-6-21(29)22(30)9-15/h1-10,12,32H,13H2,(H,33,36)(H,34,35,37). The zero-order chi connectivity index (χ0) is 26.8. The lowest BCUT2D eigenvalue weighted by Gasteiger charge is -2.09. The maximum absolute atomic E-state index is 12.7. The first-order valence-electron chi connectivity index (χ1n) is 11.1. The number of carbonyl (C=O) groups is 1. The molecule has 2 aromatic heterocycles. The Kier molecular flexibility index (Phi) is 7.58. The van der Waals surface area contributed by atoms with Crippen molar-refractivity contribution < 1.29 is 4.79 Å². The molecule has 5 aromatic rings. The first-order valence-corrected chi connectivity index (χ1v) is 13.7. The van der Waals surface area contributed by atoms with E-state index in [-0.39, 0.29) is 11.5 Å². The summed E-state index contributed by atoms with van der Waals surface area (Å²) in [7, 11) is 0. The number of aromatic amines is 2. The molecule has 0 aliphatic carbocycles. The van der Waals surface area contributed by atoms with Gasteiger partial charge >= 0.3 is 0 Å². The van der Waals surface area contributed by atoms with Crippen molar-refractivity contribution >= 4 is 73.4 Å². The molecule has 11 heteroatoms. The van der Waals surface area contributed by atoms with Crippen LogP contribution in [0.1, 0.15) is 21.5 Å². The molecule has 0 fully saturated rings. The minimum Gasteiger partial charge on any atom is -0.360 e. The molecule has 0 aliphatic rings. The molecular formula is C27H16BrCl2N5O2S. The van der Waals surface area contributed by atoms with Gasteiger partial charge in [0.2, 0.25) is 0 Å². The quantitative estimate of drug-likeness (QED) is 0.134. The molecule has 38 heavy (non-hydrogen) atoms. The molecule has 0 bridgehead atoms. The topological polar surface area (TPSA) is 114 Å². The first kappa shape index (κ1) is 26.1. The molecule has 0 saturated carbocycles. The van der Waals surface area contributed by atoms with E-state index >= 15 is 0 Å². The average Bonchev–Trinajstić information content (AvgIpc) is 3.31. The number of nitriles is 1. The monoisotopic (exact) mass is 623 g/mol. The van der Waals surface area contributed by atoms with Crippen molar-refractivity contribution in [2.75, 3.05) is 5.32 Å². The highest BCUT2D eigenvalue weighted by Crippen LogP contribution is 2.32. The molecule has 0 saturated heterocycles. The van der Waals surface area contributed by atoms with Crippen molar-refractivity contribution in [1.82, 2.24) is 15.0 Å². The summed E-state index contributed by atoms with van der Waals surface area (Å²) >= 11 is 16.7. The minimum atomic E-state index is -0.507. The second-order valence-electron chi connectivity index (χ2n) is 8.17. The van der Waals surface area contributed by atoms with Crippen molar-refractivity contribution in [2.24, 2.45) is 0 Å². The number of carbonyl (C=O) groups excluding carboxylic acids is 1. The number of nitrogens with zero attached hydrogens (tertiary/aromatic N) is 2. The Hall–Kier alpha value is -3.55. The maximum atomic E-state index is 12.7. The summed E-state index contributed by atoms with van der Waals surface area (Å²) in [5.74, 6) is 0.144. The normalized spacial score (nSPS) is 10.9. The first-order chi connectivity index (χ1) is 18.3. The number of aromatic nitrogens is 3. The van der Waals surface area contributed by atoms with Gasteiger partial charge in [-0.2, -0.15) is 5.26 Å². The van der Waals surface area contributed by atoms with Crippen molar-refractivity contribution in [2.45, 2.75) is 10.9 Å². The molecule has 0 spiro atoms. The SMILES string of the molecule is N#Cc1c(-c2c[nH]c3ccc(Br)cc23)nc(SCc2cccc(NC(=O)c3ccc(Cl)c(Cl)c3)c2)[nH]c1=O. The summed E-state index contributed by atoms with van der Waals surface area (Å²) in [6, 6.07) is 19.7. The molecule has 1 amide bonds. The fraction of sp³-hybridized carbons (Fsp3) is 0.0370. The van der Waals surface area contributed by atoms with E-state index in [1.807, 2.05) is 42.5 Å². The Bertz CT molecular complexity index is 1810. The van der Waals surface area contributed by atoms with Crippen LogP contribution in [0.3, 0.4) is 0 Å². The summed E-state index contributed by atoms with van der Waals surface area (Å²) in [6.45, 7) is 0. The largest absolute Gasteiger partial charge is 0.360 e. The molecular weight excluding hydrogens is 609 g/mol. The van der Waals surface area contributed by atoms with Gasteiger partial charge in [-0.1, -0.05) is 63.0 Å². The molecule has 0 unspecified atom stereocenters. The van der Waals surface area contributed by atoms with Crippen LogP contribution in [-0.2, 0) is 5.75 Å². The number of H-pyrrole nitrogens is 2. The van der Waals surface area contributed by atoms with Gasteiger partial charge in [-0.25, -0.2) is 4.98 Å². The number of hydrogen-bond acceptors (Lipinski definition) is 5. The number of rotatable bonds is 6. The van der Waals surface area contributed by atoms with Crippen molar-refractivity contribution in [3.63, 3.8) is 0 Å². The Labute approximate surface area is 239 Å². The molecule has 3 aromatic carbocycles. The zero-order valence-electron chi connectivity index (χ0n) is 19.3. The van der Waals surface area contributed by atoms with E-state index in [9.17, 15) is 14.9 Å². The van der Waals surface area contributed by atoms with E-state index in [1.165, 1.54) is 17.8 Å². The number of thioether (sulfide) groups is 1. The van der Waals surface area contributed by atoms with Gasteiger partial charge in [0.25, 0.3) is 11.5 Å². The number of nitrogens with one attached hydrogen (secondary N) is 3.